The third kappa shape index (κ3) is 3.21. The van der Waals surface area contributed by atoms with Crippen LogP contribution in [0.25, 0.3) is 0 Å². The summed E-state index contributed by atoms with van der Waals surface area (Å²) in [6.07, 6.45) is 1.76. The number of hydrogen-bond acceptors (Lipinski definition) is 6. The fourth-order valence-corrected chi connectivity index (χ4v) is 4.44. The molecule has 2 aromatic rings. The molecule has 5 rings (SSSR count). The number of carbonyl (C=O) groups excluding carboxylic acids is 2. The Morgan fingerprint density at radius 3 is 2.85 bits per heavy atom. The van der Waals surface area contributed by atoms with Crippen molar-refractivity contribution in [2.24, 2.45) is 5.92 Å². The Labute approximate surface area is 156 Å². The van der Waals surface area contributed by atoms with E-state index in [1.54, 1.807) is 23.4 Å². The Bertz CT molecular complexity index is 818. The molecular formula is C18H21N5O2S. The summed E-state index contributed by atoms with van der Waals surface area (Å²) < 4.78 is 0. The average molecular weight is 371 g/mol. The summed E-state index contributed by atoms with van der Waals surface area (Å²) >= 11 is 1.53. The predicted octanol–water partition coefficient (Wildman–Crippen LogP) is 1.81. The van der Waals surface area contributed by atoms with Crippen molar-refractivity contribution in [3.63, 3.8) is 0 Å². The molecule has 0 aromatic carbocycles. The molecule has 0 aliphatic carbocycles. The summed E-state index contributed by atoms with van der Waals surface area (Å²) in [5.74, 6) is 0.478. The fraction of sp³-hybridized carbons (Fsp3) is 0.500. The van der Waals surface area contributed by atoms with Gasteiger partial charge in [0.15, 0.2) is 0 Å². The molecule has 0 spiro atoms. The van der Waals surface area contributed by atoms with Gasteiger partial charge in [-0.15, -0.1) is 11.3 Å². The van der Waals surface area contributed by atoms with E-state index in [0.29, 0.717) is 31.2 Å². The first-order valence-electron chi connectivity index (χ1n) is 8.80. The summed E-state index contributed by atoms with van der Waals surface area (Å²) in [4.78, 5) is 42.4. The first-order valence-corrected chi connectivity index (χ1v) is 9.74. The standard InChI is InChI=1S/C18H21N5O2S/c1-11-5-16(21-12(2)20-11)18(25)22-6-13-3-4-15(8-22)23(17(13)24)7-14-9-26-10-19-14/h5,9-10,13,15H,3-4,6-8H2,1-2H3/t13-,15+/m1/s1. The summed E-state index contributed by atoms with van der Waals surface area (Å²) in [6, 6.07) is 1.76. The molecular weight excluding hydrogens is 350 g/mol. The van der Waals surface area contributed by atoms with E-state index in [4.69, 9.17) is 0 Å². The number of thiazole rings is 1. The highest BCUT2D eigenvalue weighted by molar-refractivity contribution is 7.07. The van der Waals surface area contributed by atoms with Crippen molar-refractivity contribution in [3.05, 3.63) is 39.9 Å². The molecule has 0 unspecified atom stereocenters. The smallest absolute Gasteiger partial charge is 0.272 e. The van der Waals surface area contributed by atoms with E-state index >= 15 is 0 Å². The van der Waals surface area contributed by atoms with Crippen molar-refractivity contribution in [3.8, 4) is 0 Å². The molecule has 8 heteroatoms. The third-order valence-corrected chi connectivity index (χ3v) is 5.72. The van der Waals surface area contributed by atoms with Gasteiger partial charge in [-0.2, -0.15) is 0 Å². The maximum absolute atomic E-state index is 13.0. The molecule has 26 heavy (non-hydrogen) atoms. The second-order valence-electron chi connectivity index (χ2n) is 7.03. The zero-order chi connectivity index (χ0) is 18.3. The van der Waals surface area contributed by atoms with Crippen LogP contribution in [0.1, 0.15) is 40.5 Å². The van der Waals surface area contributed by atoms with Crippen LogP contribution in [0.3, 0.4) is 0 Å². The summed E-state index contributed by atoms with van der Waals surface area (Å²) in [5, 5.41) is 1.97. The highest BCUT2D eigenvalue weighted by Crippen LogP contribution is 2.31. The minimum atomic E-state index is -0.139. The van der Waals surface area contributed by atoms with Gasteiger partial charge in [-0.05, 0) is 32.8 Å². The average Bonchev–Trinajstić information content (AvgIpc) is 2.96. The van der Waals surface area contributed by atoms with Crippen LogP contribution < -0.4 is 0 Å². The van der Waals surface area contributed by atoms with Gasteiger partial charge in [-0.3, -0.25) is 9.59 Å². The Morgan fingerprint density at radius 1 is 1.27 bits per heavy atom. The summed E-state index contributed by atoms with van der Waals surface area (Å²) in [7, 11) is 0. The van der Waals surface area contributed by atoms with Crippen molar-refractivity contribution in [2.45, 2.75) is 39.3 Å². The largest absolute Gasteiger partial charge is 0.334 e. The maximum atomic E-state index is 13.0. The highest BCUT2D eigenvalue weighted by Gasteiger charge is 2.42. The Kier molecular flexibility index (Phi) is 4.44. The zero-order valence-corrected chi connectivity index (χ0v) is 15.7. The minimum Gasteiger partial charge on any atom is -0.334 e. The van der Waals surface area contributed by atoms with Gasteiger partial charge in [0.2, 0.25) is 5.91 Å². The minimum absolute atomic E-state index is 0.0379. The van der Waals surface area contributed by atoms with E-state index in [-0.39, 0.29) is 23.8 Å². The number of fused-ring (bicyclic) bond motifs is 4. The molecule has 3 fully saturated rings. The topological polar surface area (TPSA) is 79.3 Å². The van der Waals surface area contributed by atoms with Gasteiger partial charge in [0.25, 0.3) is 5.91 Å². The monoisotopic (exact) mass is 371 g/mol. The molecule has 2 amide bonds. The predicted molar refractivity (Wildman–Crippen MR) is 96.6 cm³/mol. The van der Waals surface area contributed by atoms with E-state index < -0.39 is 0 Å². The van der Waals surface area contributed by atoms with Crippen LogP contribution >= 0.6 is 11.3 Å². The number of amides is 2. The fourth-order valence-electron chi connectivity index (χ4n) is 3.89. The summed E-state index contributed by atoms with van der Waals surface area (Å²) in [6.45, 7) is 5.18. The molecule has 3 saturated heterocycles. The lowest BCUT2D eigenvalue weighted by Crippen LogP contribution is -2.47. The first kappa shape index (κ1) is 17.1. The normalized spacial score (nSPS) is 22.6. The van der Waals surface area contributed by atoms with Gasteiger partial charge in [0, 0.05) is 30.2 Å². The van der Waals surface area contributed by atoms with Crippen LogP contribution in [0, 0.1) is 19.8 Å². The van der Waals surface area contributed by atoms with Crippen molar-refractivity contribution in [1.29, 1.82) is 0 Å². The van der Waals surface area contributed by atoms with Crippen molar-refractivity contribution >= 4 is 23.2 Å². The third-order valence-electron chi connectivity index (χ3n) is 5.08. The van der Waals surface area contributed by atoms with E-state index in [9.17, 15) is 9.59 Å². The Balaban J connectivity index is 1.57. The van der Waals surface area contributed by atoms with Crippen LogP contribution in [0.5, 0.6) is 0 Å². The van der Waals surface area contributed by atoms with Crippen molar-refractivity contribution in [2.75, 3.05) is 13.1 Å². The molecule has 3 aliphatic heterocycles. The van der Waals surface area contributed by atoms with Gasteiger partial charge in [0.1, 0.15) is 11.5 Å². The van der Waals surface area contributed by atoms with Crippen LogP contribution in [0.4, 0.5) is 0 Å². The number of nitrogens with zero attached hydrogens (tertiary/aromatic N) is 5. The van der Waals surface area contributed by atoms with E-state index in [1.807, 2.05) is 17.2 Å². The summed E-state index contributed by atoms with van der Waals surface area (Å²) in [5.41, 5.74) is 3.89. The Morgan fingerprint density at radius 2 is 2.12 bits per heavy atom. The number of piperidine rings is 1. The lowest BCUT2D eigenvalue weighted by atomic mass is 9.94. The lowest BCUT2D eigenvalue weighted by molar-refractivity contribution is -0.140. The molecule has 7 nitrogen and oxygen atoms in total. The van der Waals surface area contributed by atoms with E-state index in [1.165, 1.54) is 11.3 Å². The van der Waals surface area contributed by atoms with Crippen LogP contribution in [0.15, 0.2) is 17.0 Å². The second-order valence-corrected chi connectivity index (χ2v) is 7.74. The molecule has 0 N–H and O–H groups in total. The SMILES string of the molecule is Cc1cc(C(=O)N2C[C@H]3CC[C@@H](C2)N(Cc2cscn2)C3=O)nc(C)n1. The van der Waals surface area contributed by atoms with Gasteiger partial charge in [0.05, 0.1) is 23.7 Å². The van der Waals surface area contributed by atoms with Crippen LogP contribution in [-0.4, -0.2) is 55.7 Å². The quantitative estimate of drug-likeness (QED) is 0.822. The molecule has 2 aromatic heterocycles. The highest BCUT2D eigenvalue weighted by atomic mass is 32.1. The Hall–Kier alpha value is -2.35. The van der Waals surface area contributed by atoms with Gasteiger partial charge in [-0.1, -0.05) is 0 Å². The number of aromatic nitrogens is 3. The van der Waals surface area contributed by atoms with E-state index in [0.717, 1.165) is 24.2 Å². The van der Waals surface area contributed by atoms with Gasteiger partial charge in [-0.25, -0.2) is 15.0 Å². The molecule has 5 heterocycles. The number of carbonyl (C=O) groups is 2. The number of hydrogen-bond donors (Lipinski definition) is 0. The molecule has 136 valence electrons. The van der Waals surface area contributed by atoms with Gasteiger partial charge >= 0.3 is 0 Å². The molecule has 2 bridgehead atoms. The number of aryl methyl sites for hydroxylation is 2. The first-order chi connectivity index (χ1) is 12.5. The van der Waals surface area contributed by atoms with Crippen LogP contribution in [0.2, 0.25) is 0 Å². The molecule has 2 atom stereocenters. The molecule has 0 saturated carbocycles. The molecule has 3 aliphatic rings. The maximum Gasteiger partial charge on any atom is 0.272 e. The van der Waals surface area contributed by atoms with Gasteiger partial charge < -0.3 is 9.80 Å². The van der Waals surface area contributed by atoms with Crippen LogP contribution in [-0.2, 0) is 11.3 Å². The second kappa shape index (κ2) is 6.75. The van der Waals surface area contributed by atoms with Crippen molar-refractivity contribution in [1.82, 2.24) is 24.8 Å². The molecule has 0 radical (unpaired) electrons. The number of rotatable bonds is 3. The lowest BCUT2D eigenvalue weighted by Gasteiger charge is -2.35. The zero-order valence-electron chi connectivity index (χ0n) is 14.9. The van der Waals surface area contributed by atoms with Crippen molar-refractivity contribution < 1.29 is 9.59 Å². The van der Waals surface area contributed by atoms with E-state index in [2.05, 4.69) is 15.0 Å².